The van der Waals surface area contributed by atoms with Crippen molar-refractivity contribution in [3.05, 3.63) is 48.0 Å². The van der Waals surface area contributed by atoms with Crippen molar-refractivity contribution in [2.24, 2.45) is 0 Å². The zero-order valence-electron chi connectivity index (χ0n) is 12.9. The Morgan fingerprint density at radius 1 is 1.09 bits per heavy atom. The Kier molecular flexibility index (Phi) is 3.60. The van der Waals surface area contributed by atoms with Gasteiger partial charge in [-0.3, -0.25) is 4.79 Å². The van der Waals surface area contributed by atoms with Crippen LogP contribution in [0, 0.1) is 0 Å². The van der Waals surface area contributed by atoms with Crippen LogP contribution in [0.1, 0.15) is 31.7 Å². The van der Waals surface area contributed by atoms with Crippen LogP contribution in [0.15, 0.2) is 42.5 Å². The SMILES string of the molecule is CC1(c2cccc3ccccc23)CCCC(S(C)(=O)=O)C1=O. The highest BCUT2D eigenvalue weighted by atomic mass is 32.2. The van der Waals surface area contributed by atoms with E-state index in [0.29, 0.717) is 12.8 Å². The Labute approximate surface area is 131 Å². The smallest absolute Gasteiger partial charge is 0.161 e. The molecule has 1 saturated carbocycles. The maximum absolute atomic E-state index is 13.0. The molecule has 0 saturated heterocycles. The Morgan fingerprint density at radius 2 is 1.77 bits per heavy atom. The van der Waals surface area contributed by atoms with E-state index >= 15 is 0 Å². The van der Waals surface area contributed by atoms with Crippen LogP contribution in [0.4, 0.5) is 0 Å². The largest absolute Gasteiger partial charge is 0.297 e. The van der Waals surface area contributed by atoms with Crippen LogP contribution in [-0.2, 0) is 20.0 Å². The molecule has 2 unspecified atom stereocenters. The molecular weight excluding hydrogens is 296 g/mol. The van der Waals surface area contributed by atoms with Gasteiger partial charge in [0.15, 0.2) is 15.6 Å². The van der Waals surface area contributed by atoms with Crippen molar-refractivity contribution in [3.8, 4) is 0 Å². The van der Waals surface area contributed by atoms with E-state index < -0.39 is 20.5 Å². The summed E-state index contributed by atoms with van der Waals surface area (Å²) in [4.78, 5) is 13.0. The minimum absolute atomic E-state index is 0.155. The van der Waals surface area contributed by atoms with Gasteiger partial charge in [0.05, 0.1) is 5.41 Å². The first-order valence-electron chi connectivity index (χ1n) is 7.55. The summed E-state index contributed by atoms with van der Waals surface area (Å²) in [5.74, 6) is -0.155. The number of Topliss-reactive ketones (excluding diaryl/α,β-unsaturated/α-hetero) is 1. The predicted octanol–water partition coefficient (Wildman–Crippen LogP) is 3.26. The zero-order chi connectivity index (χ0) is 16.0. The van der Waals surface area contributed by atoms with Crippen LogP contribution in [0.25, 0.3) is 10.8 Å². The number of hydrogen-bond acceptors (Lipinski definition) is 3. The number of carbonyl (C=O) groups excluding carboxylic acids is 1. The standard InChI is InChI=1S/C18H20O3S/c1-18(12-6-11-16(17(18)19)22(2,20)21)15-10-5-8-13-7-3-4-9-14(13)15/h3-5,7-10,16H,6,11-12H2,1-2H3. The molecule has 0 aromatic heterocycles. The van der Waals surface area contributed by atoms with E-state index in [1.165, 1.54) is 6.26 Å². The van der Waals surface area contributed by atoms with Crippen LogP contribution in [-0.4, -0.2) is 25.7 Å². The van der Waals surface area contributed by atoms with Crippen LogP contribution >= 0.6 is 0 Å². The summed E-state index contributed by atoms with van der Waals surface area (Å²) in [7, 11) is -3.36. The molecule has 0 N–H and O–H groups in total. The summed E-state index contributed by atoms with van der Waals surface area (Å²) >= 11 is 0. The highest BCUT2D eigenvalue weighted by molar-refractivity contribution is 7.92. The first kappa shape index (κ1) is 15.2. The number of benzene rings is 2. The van der Waals surface area contributed by atoms with Gasteiger partial charge in [0.1, 0.15) is 5.25 Å². The molecule has 4 heteroatoms. The lowest BCUT2D eigenvalue weighted by atomic mass is 9.68. The van der Waals surface area contributed by atoms with Crippen molar-refractivity contribution in [1.82, 2.24) is 0 Å². The molecule has 2 aromatic carbocycles. The molecule has 3 rings (SSSR count). The minimum atomic E-state index is -3.36. The molecule has 1 aliphatic carbocycles. The number of sulfone groups is 1. The number of fused-ring (bicyclic) bond motifs is 1. The van der Waals surface area contributed by atoms with E-state index in [9.17, 15) is 13.2 Å². The van der Waals surface area contributed by atoms with Crippen molar-refractivity contribution in [2.45, 2.75) is 36.9 Å². The fraction of sp³-hybridized carbons (Fsp3) is 0.389. The quantitative estimate of drug-likeness (QED) is 0.854. The van der Waals surface area contributed by atoms with Gasteiger partial charge in [-0.2, -0.15) is 0 Å². The molecule has 116 valence electrons. The third-order valence-corrected chi connectivity index (χ3v) is 6.36. The molecule has 1 aliphatic rings. The molecule has 3 nitrogen and oxygen atoms in total. The normalized spacial score (nSPS) is 26.3. The van der Waals surface area contributed by atoms with Crippen LogP contribution < -0.4 is 0 Å². The van der Waals surface area contributed by atoms with Crippen molar-refractivity contribution < 1.29 is 13.2 Å². The second-order valence-electron chi connectivity index (χ2n) is 6.43. The van der Waals surface area contributed by atoms with Crippen molar-refractivity contribution in [2.75, 3.05) is 6.26 Å². The van der Waals surface area contributed by atoms with Crippen LogP contribution in [0.5, 0.6) is 0 Å². The molecule has 0 bridgehead atoms. The summed E-state index contributed by atoms with van der Waals surface area (Å²) in [6, 6.07) is 13.9. The molecule has 2 atom stereocenters. The number of carbonyl (C=O) groups is 1. The van der Waals surface area contributed by atoms with E-state index in [0.717, 1.165) is 22.8 Å². The Morgan fingerprint density at radius 3 is 2.50 bits per heavy atom. The number of rotatable bonds is 2. The van der Waals surface area contributed by atoms with Crippen molar-refractivity contribution >= 4 is 26.4 Å². The van der Waals surface area contributed by atoms with Gasteiger partial charge in [0, 0.05) is 6.26 Å². The summed E-state index contributed by atoms with van der Waals surface area (Å²) in [5.41, 5.74) is 0.219. The first-order valence-corrected chi connectivity index (χ1v) is 9.51. The Bertz CT molecular complexity index is 833. The average molecular weight is 316 g/mol. The summed E-state index contributed by atoms with van der Waals surface area (Å²) in [6.45, 7) is 1.90. The van der Waals surface area contributed by atoms with Gasteiger partial charge in [-0.25, -0.2) is 8.42 Å². The van der Waals surface area contributed by atoms with Gasteiger partial charge < -0.3 is 0 Å². The van der Waals surface area contributed by atoms with Gasteiger partial charge >= 0.3 is 0 Å². The highest BCUT2D eigenvalue weighted by Gasteiger charge is 2.46. The molecule has 0 radical (unpaired) electrons. The Balaban J connectivity index is 2.18. The molecular formula is C18H20O3S. The maximum Gasteiger partial charge on any atom is 0.161 e. The molecule has 1 fully saturated rings. The lowest BCUT2D eigenvalue weighted by molar-refractivity contribution is -0.125. The molecule has 0 amide bonds. The fourth-order valence-corrected chi connectivity index (χ4v) is 4.88. The van der Waals surface area contributed by atoms with Gasteiger partial charge in [0.2, 0.25) is 0 Å². The second-order valence-corrected chi connectivity index (χ2v) is 8.66. The average Bonchev–Trinajstić information content (AvgIpc) is 2.48. The van der Waals surface area contributed by atoms with Gasteiger partial charge in [0.25, 0.3) is 0 Å². The lowest BCUT2D eigenvalue weighted by Gasteiger charge is -2.37. The molecule has 0 heterocycles. The second kappa shape index (κ2) is 5.20. The van der Waals surface area contributed by atoms with Gasteiger partial charge in [-0.15, -0.1) is 0 Å². The third kappa shape index (κ3) is 2.35. The van der Waals surface area contributed by atoms with E-state index in [4.69, 9.17) is 0 Å². The zero-order valence-corrected chi connectivity index (χ0v) is 13.7. The number of ketones is 1. The predicted molar refractivity (Wildman–Crippen MR) is 88.8 cm³/mol. The van der Waals surface area contributed by atoms with Crippen molar-refractivity contribution in [3.63, 3.8) is 0 Å². The van der Waals surface area contributed by atoms with E-state index in [-0.39, 0.29) is 5.78 Å². The topological polar surface area (TPSA) is 51.2 Å². The lowest BCUT2D eigenvalue weighted by Crippen LogP contribution is -2.47. The monoisotopic (exact) mass is 316 g/mol. The summed E-state index contributed by atoms with van der Waals surface area (Å²) in [5, 5.41) is 1.25. The molecule has 0 spiro atoms. The van der Waals surface area contributed by atoms with Crippen LogP contribution in [0.2, 0.25) is 0 Å². The first-order chi connectivity index (χ1) is 10.3. The third-order valence-electron chi connectivity index (χ3n) is 4.88. The minimum Gasteiger partial charge on any atom is -0.297 e. The van der Waals surface area contributed by atoms with Crippen LogP contribution in [0.3, 0.4) is 0 Å². The summed E-state index contributed by atoms with van der Waals surface area (Å²) in [6.07, 6.45) is 3.07. The fourth-order valence-electron chi connectivity index (χ4n) is 3.63. The van der Waals surface area contributed by atoms with E-state index in [2.05, 4.69) is 0 Å². The highest BCUT2D eigenvalue weighted by Crippen LogP contribution is 2.41. The number of hydrogen-bond donors (Lipinski definition) is 0. The van der Waals surface area contributed by atoms with Crippen molar-refractivity contribution in [1.29, 1.82) is 0 Å². The molecule has 22 heavy (non-hydrogen) atoms. The molecule has 2 aromatic rings. The van der Waals surface area contributed by atoms with E-state index in [1.54, 1.807) is 0 Å². The summed E-state index contributed by atoms with van der Waals surface area (Å²) < 4.78 is 23.9. The maximum atomic E-state index is 13.0. The van der Waals surface area contributed by atoms with Gasteiger partial charge in [-0.05, 0) is 36.1 Å². The van der Waals surface area contributed by atoms with Gasteiger partial charge in [-0.1, -0.05) is 48.9 Å². The van der Waals surface area contributed by atoms with E-state index in [1.807, 2.05) is 49.4 Å². The molecule has 0 aliphatic heterocycles. The Hall–Kier alpha value is -1.68.